The summed E-state index contributed by atoms with van der Waals surface area (Å²) in [5.74, 6) is 0.0828. The van der Waals surface area contributed by atoms with Crippen molar-refractivity contribution in [2.24, 2.45) is 0 Å². The van der Waals surface area contributed by atoms with E-state index in [9.17, 15) is 4.79 Å². The molecule has 0 aromatic heterocycles. The predicted molar refractivity (Wildman–Crippen MR) is 73.2 cm³/mol. The lowest BCUT2D eigenvalue weighted by atomic mass is 10.1. The molecule has 0 atom stereocenters. The van der Waals surface area contributed by atoms with Crippen molar-refractivity contribution >= 4 is 5.91 Å². The zero-order valence-corrected chi connectivity index (χ0v) is 12.1. The van der Waals surface area contributed by atoms with Crippen LogP contribution in [0.3, 0.4) is 0 Å². The first kappa shape index (κ1) is 16.4. The fraction of sp³-hybridized carbons (Fsp3) is 0.923. The Morgan fingerprint density at radius 1 is 1.18 bits per heavy atom. The van der Waals surface area contributed by atoms with Crippen molar-refractivity contribution in [1.29, 1.82) is 0 Å². The second-order valence-corrected chi connectivity index (χ2v) is 5.33. The molecule has 0 aliphatic rings. The summed E-state index contributed by atoms with van der Waals surface area (Å²) < 4.78 is 0. The summed E-state index contributed by atoms with van der Waals surface area (Å²) >= 11 is 0. The van der Waals surface area contributed by atoms with Crippen LogP contribution < -0.4 is 10.6 Å². The van der Waals surface area contributed by atoms with Gasteiger partial charge in [-0.2, -0.15) is 0 Å². The fourth-order valence-corrected chi connectivity index (χ4v) is 1.48. The fourth-order valence-electron chi connectivity index (χ4n) is 1.48. The molecule has 0 saturated heterocycles. The molecule has 0 saturated carbocycles. The summed E-state index contributed by atoms with van der Waals surface area (Å²) in [5, 5.41) is 6.10. The van der Waals surface area contributed by atoms with Gasteiger partial charge in [0.2, 0.25) is 5.91 Å². The summed E-state index contributed by atoms with van der Waals surface area (Å²) in [5.41, 5.74) is -0.00143. The van der Waals surface area contributed by atoms with E-state index in [2.05, 4.69) is 50.2 Å². The van der Waals surface area contributed by atoms with Crippen molar-refractivity contribution in [2.75, 3.05) is 32.7 Å². The average molecular weight is 243 g/mol. The van der Waals surface area contributed by atoms with E-state index in [1.165, 1.54) is 0 Å². The van der Waals surface area contributed by atoms with Crippen molar-refractivity contribution in [1.82, 2.24) is 15.5 Å². The van der Waals surface area contributed by atoms with Crippen LogP contribution in [0.5, 0.6) is 0 Å². The molecule has 0 unspecified atom stereocenters. The van der Waals surface area contributed by atoms with Crippen LogP contribution in [0, 0.1) is 0 Å². The zero-order valence-electron chi connectivity index (χ0n) is 12.1. The van der Waals surface area contributed by atoms with Crippen molar-refractivity contribution < 1.29 is 4.79 Å². The van der Waals surface area contributed by atoms with Crippen LogP contribution in [0.2, 0.25) is 0 Å². The van der Waals surface area contributed by atoms with Crippen LogP contribution in [-0.2, 0) is 4.79 Å². The standard InChI is InChI=1S/C13H29N3O/c1-6-16(7-2)10-8-9-14-12(17)11-15-13(3,4)5/h15H,6-11H2,1-5H3,(H,14,17). The molecule has 4 nitrogen and oxygen atoms in total. The lowest BCUT2D eigenvalue weighted by molar-refractivity contribution is -0.120. The summed E-state index contributed by atoms with van der Waals surface area (Å²) in [7, 11) is 0. The van der Waals surface area contributed by atoms with Gasteiger partial charge in [0.25, 0.3) is 0 Å². The SMILES string of the molecule is CCN(CC)CCCNC(=O)CNC(C)(C)C. The molecule has 0 radical (unpaired) electrons. The number of hydrogen-bond acceptors (Lipinski definition) is 3. The summed E-state index contributed by atoms with van der Waals surface area (Å²) in [6, 6.07) is 0. The molecule has 0 heterocycles. The van der Waals surface area contributed by atoms with Gasteiger partial charge < -0.3 is 15.5 Å². The van der Waals surface area contributed by atoms with Gasteiger partial charge in [-0.3, -0.25) is 4.79 Å². The lowest BCUT2D eigenvalue weighted by Gasteiger charge is -2.20. The highest BCUT2D eigenvalue weighted by Crippen LogP contribution is 1.96. The van der Waals surface area contributed by atoms with E-state index >= 15 is 0 Å². The zero-order chi connectivity index (χ0) is 13.3. The number of carbonyl (C=O) groups excluding carboxylic acids is 1. The molecule has 4 heteroatoms. The Kier molecular flexibility index (Phi) is 8.17. The van der Waals surface area contributed by atoms with E-state index in [-0.39, 0.29) is 11.4 Å². The van der Waals surface area contributed by atoms with Crippen molar-refractivity contribution in [3.05, 3.63) is 0 Å². The molecule has 0 fully saturated rings. The second kappa shape index (κ2) is 8.48. The Labute approximate surface area is 106 Å². The van der Waals surface area contributed by atoms with Gasteiger partial charge in [0.15, 0.2) is 0 Å². The highest BCUT2D eigenvalue weighted by Gasteiger charge is 2.10. The minimum absolute atomic E-state index is 0.00143. The maximum absolute atomic E-state index is 11.5. The van der Waals surface area contributed by atoms with Gasteiger partial charge >= 0.3 is 0 Å². The smallest absolute Gasteiger partial charge is 0.233 e. The van der Waals surface area contributed by atoms with Gasteiger partial charge in [0.05, 0.1) is 6.54 Å². The van der Waals surface area contributed by atoms with Crippen LogP contribution in [0.1, 0.15) is 41.0 Å². The van der Waals surface area contributed by atoms with Gasteiger partial charge in [-0.15, -0.1) is 0 Å². The van der Waals surface area contributed by atoms with Gasteiger partial charge in [-0.1, -0.05) is 13.8 Å². The number of carbonyl (C=O) groups is 1. The topological polar surface area (TPSA) is 44.4 Å². The van der Waals surface area contributed by atoms with Crippen molar-refractivity contribution in [2.45, 2.75) is 46.6 Å². The Balaban J connectivity index is 3.52. The molecule has 0 aliphatic heterocycles. The van der Waals surface area contributed by atoms with E-state index < -0.39 is 0 Å². The Hall–Kier alpha value is -0.610. The third-order valence-corrected chi connectivity index (χ3v) is 2.65. The first-order chi connectivity index (χ1) is 7.89. The normalized spacial score (nSPS) is 11.9. The summed E-state index contributed by atoms with van der Waals surface area (Å²) in [4.78, 5) is 13.8. The molecule has 0 aliphatic carbocycles. The van der Waals surface area contributed by atoms with Gasteiger partial charge in [-0.25, -0.2) is 0 Å². The van der Waals surface area contributed by atoms with E-state index in [0.717, 1.165) is 32.6 Å². The van der Waals surface area contributed by atoms with Gasteiger partial charge in [0, 0.05) is 12.1 Å². The number of amides is 1. The number of nitrogens with zero attached hydrogens (tertiary/aromatic N) is 1. The van der Waals surface area contributed by atoms with Gasteiger partial charge in [0.1, 0.15) is 0 Å². The van der Waals surface area contributed by atoms with E-state index in [4.69, 9.17) is 0 Å². The number of hydrogen-bond donors (Lipinski definition) is 2. The van der Waals surface area contributed by atoms with E-state index in [1.54, 1.807) is 0 Å². The van der Waals surface area contributed by atoms with Crippen molar-refractivity contribution in [3.8, 4) is 0 Å². The molecule has 2 N–H and O–H groups in total. The lowest BCUT2D eigenvalue weighted by Crippen LogP contribution is -2.43. The highest BCUT2D eigenvalue weighted by atomic mass is 16.1. The van der Waals surface area contributed by atoms with Crippen LogP contribution in [-0.4, -0.2) is 49.1 Å². The first-order valence-electron chi connectivity index (χ1n) is 6.63. The highest BCUT2D eigenvalue weighted by molar-refractivity contribution is 5.78. The first-order valence-corrected chi connectivity index (χ1v) is 6.63. The van der Waals surface area contributed by atoms with Gasteiger partial charge in [-0.05, 0) is 46.8 Å². The third kappa shape index (κ3) is 10.3. The Bertz CT molecular complexity index is 207. The third-order valence-electron chi connectivity index (χ3n) is 2.65. The van der Waals surface area contributed by atoms with E-state index in [0.29, 0.717) is 6.54 Å². The minimum atomic E-state index is -0.00143. The maximum atomic E-state index is 11.5. The Morgan fingerprint density at radius 2 is 1.76 bits per heavy atom. The second-order valence-electron chi connectivity index (χ2n) is 5.33. The molecule has 1 amide bonds. The average Bonchev–Trinajstić information content (AvgIpc) is 2.26. The van der Waals surface area contributed by atoms with Crippen LogP contribution >= 0.6 is 0 Å². The van der Waals surface area contributed by atoms with Crippen LogP contribution in [0.15, 0.2) is 0 Å². The van der Waals surface area contributed by atoms with E-state index in [1.807, 2.05) is 0 Å². The molecule has 0 aromatic carbocycles. The molecule has 0 aromatic rings. The van der Waals surface area contributed by atoms with Crippen LogP contribution in [0.4, 0.5) is 0 Å². The summed E-state index contributed by atoms with van der Waals surface area (Å²) in [6.45, 7) is 14.9. The van der Waals surface area contributed by atoms with Crippen LogP contribution in [0.25, 0.3) is 0 Å². The molecular formula is C13H29N3O. The molecular weight excluding hydrogens is 214 g/mol. The quantitative estimate of drug-likeness (QED) is 0.630. The summed E-state index contributed by atoms with van der Waals surface area (Å²) in [6.07, 6.45) is 1.02. The molecule has 0 rings (SSSR count). The molecule has 17 heavy (non-hydrogen) atoms. The monoisotopic (exact) mass is 243 g/mol. The molecule has 102 valence electrons. The predicted octanol–water partition coefficient (Wildman–Crippen LogP) is 1.22. The number of nitrogens with one attached hydrogen (secondary N) is 2. The minimum Gasteiger partial charge on any atom is -0.355 e. The molecule has 0 bridgehead atoms. The maximum Gasteiger partial charge on any atom is 0.233 e. The Morgan fingerprint density at radius 3 is 2.24 bits per heavy atom. The number of rotatable bonds is 8. The van der Waals surface area contributed by atoms with Crippen molar-refractivity contribution in [3.63, 3.8) is 0 Å². The largest absolute Gasteiger partial charge is 0.355 e. The molecule has 0 spiro atoms.